The fourth-order valence-corrected chi connectivity index (χ4v) is 4.88. The third kappa shape index (κ3) is 4.66. The van der Waals surface area contributed by atoms with Crippen LogP contribution in [-0.2, 0) is 0 Å². The maximum atomic E-state index is 13.6. The number of nitrogen functional groups attached to an aromatic ring is 1. The van der Waals surface area contributed by atoms with Crippen molar-refractivity contribution in [3.63, 3.8) is 0 Å². The number of hydrogen-bond acceptors (Lipinski definition) is 5. The van der Waals surface area contributed by atoms with Gasteiger partial charge in [-0.2, -0.15) is 0 Å². The highest BCUT2D eigenvalue weighted by Gasteiger charge is 2.25. The number of anilines is 3. The van der Waals surface area contributed by atoms with Crippen LogP contribution in [0.25, 0.3) is 11.0 Å². The summed E-state index contributed by atoms with van der Waals surface area (Å²) in [5.74, 6) is 0.520. The Balaban J connectivity index is 1.37. The molecule has 5 rings (SSSR count). The van der Waals surface area contributed by atoms with Crippen LogP contribution in [0.5, 0.6) is 0 Å². The maximum absolute atomic E-state index is 13.6. The summed E-state index contributed by atoms with van der Waals surface area (Å²) in [6.45, 7) is 4.24. The number of aromatic nitrogens is 3. The number of benzene rings is 2. The highest BCUT2D eigenvalue weighted by molar-refractivity contribution is 6.18. The minimum atomic E-state index is -0.382. The molecule has 0 spiro atoms. The van der Waals surface area contributed by atoms with E-state index in [1.807, 2.05) is 30.5 Å². The molecule has 2 aromatic heterocycles. The van der Waals surface area contributed by atoms with Crippen molar-refractivity contribution >= 4 is 40.0 Å². The lowest BCUT2D eigenvalue weighted by molar-refractivity contribution is 0.104. The molecule has 4 aromatic rings. The van der Waals surface area contributed by atoms with Gasteiger partial charge in [0.1, 0.15) is 17.8 Å². The van der Waals surface area contributed by atoms with E-state index in [-0.39, 0.29) is 17.6 Å². The van der Waals surface area contributed by atoms with Crippen molar-refractivity contribution in [2.45, 2.75) is 51.5 Å². The average molecular weight is 483 g/mol. The molecule has 1 aliphatic rings. The van der Waals surface area contributed by atoms with Crippen LogP contribution >= 0.6 is 0 Å². The van der Waals surface area contributed by atoms with Crippen molar-refractivity contribution in [2.24, 2.45) is 0 Å². The van der Waals surface area contributed by atoms with E-state index in [9.17, 15) is 9.59 Å². The molecule has 2 heterocycles. The zero-order valence-electron chi connectivity index (χ0n) is 20.5. The Bertz CT molecular complexity index is 1420. The molecule has 36 heavy (non-hydrogen) atoms. The van der Waals surface area contributed by atoms with Gasteiger partial charge in [0.25, 0.3) is 0 Å². The van der Waals surface area contributed by atoms with Gasteiger partial charge in [-0.3, -0.25) is 4.79 Å². The van der Waals surface area contributed by atoms with Crippen molar-refractivity contribution in [2.75, 3.05) is 16.4 Å². The molecule has 8 nitrogen and oxygen atoms in total. The number of nitrogens with two attached hydrogens (primary N) is 1. The number of nitrogens with one attached hydrogen (secondary N) is 2. The topological polar surface area (TPSA) is 115 Å². The molecule has 0 radical (unpaired) electrons. The minimum Gasteiger partial charge on any atom is -0.383 e. The normalized spacial score (nSPS) is 13.9. The van der Waals surface area contributed by atoms with E-state index in [0.717, 1.165) is 25.7 Å². The molecule has 1 aliphatic carbocycles. The number of rotatable bonds is 6. The second-order valence-electron chi connectivity index (χ2n) is 9.61. The van der Waals surface area contributed by atoms with Crippen LogP contribution in [0.4, 0.5) is 22.0 Å². The van der Waals surface area contributed by atoms with Gasteiger partial charge >= 0.3 is 6.03 Å². The summed E-state index contributed by atoms with van der Waals surface area (Å²) in [6, 6.07) is 14.6. The molecule has 184 valence electrons. The van der Waals surface area contributed by atoms with E-state index in [4.69, 9.17) is 5.73 Å². The predicted molar refractivity (Wildman–Crippen MR) is 142 cm³/mol. The average Bonchev–Trinajstić information content (AvgIpc) is 3.53. The fraction of sp³-hybridized carbons (Fsp3) is 0.286. The van der Waals surface area contributed by atoms with Gasteiger partial charge in [0, 0.05) is 29.2 Å². The number of ketones is 1. The summed E-state index contributed by atoms with van der Waals surface area (Å²) in [4.78, 5) is 34.8. The number of carbonyl (C=O) groups is 2. The fourth-order valence-electron chi connectivity index (χ4n) is 4.88. The zero-order chi connectivity index (χ0) is 25.2. The Morgan fingerprint density at radius 3 is 2.44 bits per heavy atom. The van der Waals surface area contributed by atoms with Gasteiger partial charge in [0.05, 0.1) is 10.9 Å². The Morgan fingerprint density at radius 1 is 1.00 bits per heavy atom. The van der Waals surface area contributed by atoms with Gasteiger partial charge < -0.3 is 20.9 Å². The SMILES string of the molecule is CC(C)c1ccc(NC(=O)Nc2cccc(C(=O)c3cn(C4CCCC4)c4ncnc(N)c34)c2)cc1. The van der Waals surface area contributed by atoms with Crippen LogP contribution in [0.15, 0.2) is 61.1 Å². The largest absolute Gasteiger partial charge is 0.383 e. The number of amides is 2. The summed E-state index contributed by atoms with van der Waals surface area (Å²) in [6.07, 6.45) is 7.72. The lowest BCUT2D eigenvalue weighted by Gasteiger charge is -2.12. The summed E-state index contributed by atoms with van der Waals surface area (Å²) in [5, 5.41) is 6.23. The van der Waals surface area contributed by atoms with Crippen LogP contribution in [0.2, 0.25) is 0 Å². The molecule has 0 atom stereocenters. The van der Waals surface area contributed by atoms with E-state index in [1.165, 1.54) is 11.9 Å². The van der Waals surface area contributed by atoms with E-state index in [2.05, 4.69) is 39.0 Å². The summed E-state index contributed by atoms with van der Waals surface area (Å²) in [7, 11) is 0. The van der Waals surface area contributed by atoms with Crippen molar-refractivity contribution < 1.29 is 9.59 Å². The zero-order valence-corrected chi connectivity index (χ0v) is 20.5. The van der Waals surface area contributed by atoms with Gasteiger partial charge in [0.2, 0.25) is 0 Å². The smallest absolute Gasteiger partial charge is 0.323 e. The van der Waals surface area contributed by atoms with Gasteiger partial charge in [-0.05, 0) is 48.6 Å². The highest BCUT2D eigenvalue weighted by atomic mass is 16.2. The highest BCUT2D eigenvalue weighted by Crippen LogP contribution is 2.35. The predicted octanol–water partition coefficient (Wildman–Crippen LogP) is 6.13. The Hall–Kier alpha value is -4.20. The molecule has 2 amide bonds. The van der Waals surface area contributed by atoms with Crippen molar-refractivity contribution in [3.8, 4) is 0 Å². The summed E-state index contributed by atoms with van der Waals surface area (Å²) < 4.78 is 2.08. The Morgan fingerprint density at radius 2 is 1.72 bits per heavy atom. The second kappa shape index (κ2) is 9.81. The molecule has 0 saturated heterocycles. The first-order valence-corrected chi connectivity index (χ1v) is 12.3. The number of urea groups is 1. The number of nitrogens with zero attached hydrogens (tertiary/aromatic N) is 3. The molecule has 1 saturated carbocycles. The molecule has 1 fully saturated rings. The Kier molecular flexibility index (Phi) is 6.41. The molecule has 2 aromatic carbocycles. The number of fused-ring (bicyclic) bond motifs is 1. The second-order valence-corrected chi connectivity index (χ2v) is 9.61. The van der Waals surface area contributed by atoms with Crippen LogP contribution in [0.3, 0.4) is 0 Å². The van der Waals surface area contributed by atoms with Crippen LogP contribution in [0, 0.1) is 0 Å². The van der Waals surface area contributed by atoms with Crippen LogP contribution < -0.4 is 16.4 Å². The van der Waals surface area contributed by atoms with E-state index < -0.39 is 0 Å². The first-order chi connectivity index (χ1) is 17.4. The quantitative estimate of drug-likeness (QED) is 0.286. The molecule has 4 N–H and O–H groups in total. The lowest BCUT2D eigenvalue weighted by Crippen LogP contribution is -2.19. The monoisotopic (exact) mass is 482 g/mol. The third-order valence-electron chi connectivity index (χ3n) is 6.82. The van der Waals surface area contributed by atoms with Crippen molar-refractivity contribution in [1.82, 2.24) is 14.5 Å². The first-order valence-electron chi connectivity index (χ1n) is 12.3. The first kappa shape index (κ1) is 23.5. The van der Waals surface area contributed by atoms with Crippen molar-refractivity contribution in [3.05, 3.63) is 77.7 Å². The molecular weight excluding hydrogens is 452 g/mol. The minimum absolute atomic E-state index is 0.188. The summed E-state index contributed by atoms with van der Waals surface area (Å²) in [5.41, 5.74) is 10.2. The lowest BCUT2D eigenvalue weighted by atomic mass is 10.0. The van der Waals surface area contributed by atoms with Gasteiger partial charge in [-0.1, -0.05) is 51.0 Å². The molecule has 8 heteroatoms. The van der Waals surface area contributed by atoms with Gasteiger partial charge in [-0.25, -0.2) is 14.8 Å². The molecular formula is C28H30N6O2. The molecule has 0 bridgehead atoms. The van der Waals surface area contributed by atoms with Crippen molar-refractivity contribution in [1.29, 1.82) is 0 Å². The van der Waals surface area contributed by atoms with Gasteiger partial charge in [-0.15, -0.1) is 0 Å². The number of hydrogen-bond donors (Lipinski definition) is 3. The maximum Gasteiger partial charge on any atom is 0.323 e. The Labute approximate surface area is 209 Å². The molecule has 0 aliphatic heterocycles. The van der Waals surface area contributed by atoms with E-state index in [0.29, 0.717) is 45.5 Å². The van der Waals surface area contributed by atoms with E-state index >= 15 is 0 Å². The summed E-state index contributed by atoms with van der Waals surface area (Å²) >= 11 is 0. The molecule has 0 unspecified atom stereocenters. The third-order valence-corrected chi connectivity index (χ3v) is 6.82. The van der Waals surface area contributed by atoms with Gasteiger partial charge in [0.15, 0.2) is 5.78 Å². The van der Waals surface area contributed by atoms with Crippen LogP contribution in [-0.4, -0.2) is 26.3 Å². The van der Waals surface area contributed by atoms with Crippen LogP contribution in [0.1, 0.15) is 73.0 Å². The standard InChI is InChI=1S/C28H30N6O2/c1-17(2)18-10-12-20(13-11-18)32-28(36)33-21-7-5-6-19(14-21)25(35)23-15-34(22-8-3-4-9-22)27-24(23)26(29)30-16-31-27/h5-7,10-17,22H,3-4,8-9H2,1-2H3,(H2,29,30,31)(H2,32,33,36). The number of carbonyl (C=O) groups excluding carboxylic acids is 2. The van der Waals surface area contributed by atoms with E-state index in [1.54, 1.807) is 24.3 Å².